The van der Waals surface area contributed by atoms with E-state index in [1.54, 1.807) is 48.5 Å². The van der Waals surface area contributed by atoms with Gasteiger partial charge >= 0.3 is 0 Å². The molecule has 0 saturated carbocycles. The minimum atomic E-state index is -3.48. The highest BCUT2D eigenvalue weighted by atomic mass is 35.5. The van der Waals surface area contributed by atoms with E-state index in [-0.39, 0.29) is 12.5 Å². The third-order valence-electron chi connectivity index (χ3n) is 4.41. The van der Waals surface area contributed by atoms with E-state index >= 15 is 0 Å². The standard InChI is InChI=1S/C22H20Cl2N2O3S/c1-15-4-3-5-19(12-15)26(30(2,28)29)14-16-6-8-17(9-7-16)22(27)25-21-11-10-18(23)13-20(21)24/h3-13H,14H2,1-2H3,(H,25,27). The average Bonchev–Trinajstić information content (AvgIpc) is 2.68. The second kappa shape index (κ2) is 9.08. The molecule has 1 N–H and O–H groups in total. The maximum atomic E-state index is 12.5. The number of sulfonamides is 1. The summed E-state index contributed by atoms with van der Waals surface area (Å²) in [6.07, 6.45) is 1.17. The first-order chi connectivity index (χ1) is 14.1. The Labute approximate surface area is 186 Å². The third kappa shape index (κ3) is 5.53. The highest BCUT2D eigenvalue weighted by Crippen LogP contribution is 2.26. The first kappa shape index (κ1) is 22.2. The van der Waals surface area contributed by atoms with Gasteiger partial charge < -0.3 is 5.32 Å². The van der Waals surface area contributed by atoms with E-state index in [2.05, 4.69) is 5.32 Å². The lowest BCUT2D eigenvalue weighted by Crippen LogP contribution is -2.29. The molecule has 0 aliphatic heterocycles. The number of benzene rings is 3. The van der Waals surface area contributed by atoms with Crippen molar-refractivity contribution in [2.24, 2.45) is 0 Å². The molecule has 0 atom stereocenters. The van der Waals surface area contributed by atoms with Gasteiger partial charge in [0.05, 0.1) is 29.2 Å². The molecule has 8 heteroatoms. The zero-order valence-electron chi connectivity index (χ0n) is 16.4. The summed E-state index contributed by atoms with van der Waals surface area (Å²) in [6.45, 7) is 2.07. The van der Waals surface area contributed by atoms with Gasteiger partial charge in [-0.25, -0.2) is 8.42 Å². The SMILES string of the molecule is Cc1cccc(N(Cc2ccc(C(=O)Nc3ccc(Cl)cc3Cl)cc2)S(C)(=O)=O)c1. The zero-order valence-corrected chi connectivity index (χ0v) is 18.7. The molecule has 30 heavy (non-hydrogen) atoms. The molecule has 156 valence electrons. The summed E-state index contributed by atoms with van der Waals surface area (Å²) in [7, 11) is -3.48. The molecule has 3 aromatic rings. The Morgan fingerprint density at radius 2 is 1.70 bits per heavy atom. The molecule has 5 nitrogen and oxygen atoms in total. The molecule has 0 radical (unpaired) electrons. The van der Waals surface area contributed by atoms with Crippen molar-refractivity contribution in [3.05, 3.63) is 93.5 Å². The molecule has 0 bridgehead atoms. The van der Waals surface area contributed by atoms with Crippen LogP contribution in [0.2, 0.25) is 10.0 Å². The molecule has 0 aliphatic carbocycles. The number of nitrogens with zero attached hydrogens (tertiary/aromatic N) is 1. The number of hydrogen-bond acceptors (Lipinski definition) is 3. The summed E-state index contributed by atoms with van der Waals surface area (Å²) in [5.74, 6) is -0.329. The van der Waals surface area contributed by atoms with Gasteiger partial charge in [0, 0.05) is 10.6 Å². The Kier molecular flexibility index (Phi) is 6.71. The molecule has 0 aromatic heterocycles. The highest BCUT2D eigenvalue weighted by Gasteiger charge is 2.18. The van der Waals surface area contributed by atoms with Gasteiger partial charge in [-0.2, -0.15) is 0 Å². The lowest BCUT2D eigenvalue weighted by atomic mass is 10.1. The smallest absolute Gasteiger partial charge is 0.255 e. The Balaban J connectivity index is 1.77. The second-order valence-corrected chi connectivity index (χ2v) is 9.63. The number of aryl methyl sites for hydroxylation is 1. The number of amides is 1. The molecule has 0 fully saturated rings. The van der Waals surface area contributed by atoms with E-state index in [9.17, 15) is 13.2 Å². The van der Waals surface area contributed by atoms with Crippen molar-refractivity contribution in [2.45, 2.75) is 13.5 Å². The first-order valence-electron chi connectivity index (χ1n) is 9.03. The van der Waals surface area contributed by atoms with E-state index in [0.717, 1.165) is 11.1 Å². The number of carbonyl (C=O) groups is 1. The Morgan fingerprint density at radius 1 is 1.00 bits per heavy atom. The van der Waals surface area contributed by atoms with Crippen molar-refractivity contribution in [3.8, 4) is 0 Å². The van der Waals surface area contributed by atoms with Crippen molar-refractivity contribution in [1.29, 1.82) is 0 Å². The topological polar surface area (TPSA) is 66.5 Å². The van der Waals surface area contributed by atoms with Crippen molar-refractivity contribution in [3.63, 3.8) is 0 Å². The number of rotatable bonds is 6. The lowest BCUT2D eigenvalue weighted by molar-refractivity contribution is 0.102. The summed E-state index contributed by atoms with van der Waals surface area (Å²) in [6, 6.07) is 18.9. The quantitative estimate of drug-likeness (QED) is 0.524. The van der Waals surface area contributed by atoms with Gasteiger partial charge in [-0.05, 0) is 60.5 Å². The Hall–Kier alpha value is -2.54. The predicted octanol–water partition coefficient (Wildman–Crippen LogP) is 5.52. The summed E-state index contributed by atoms with van der Waals surface area (Å²) < 4.78 is 26.0. The number of anilines is 2. The van der Waals surface area contributed by atoms with Crippen LogP contribution in [0.1, 0.15) is 21.5 Å². The van der Waals surface area contributed by atoms with Crippen molar-refractivity contribution in [1.82, 2.24) is 0 Å². The summed E-state index contributed by atoms with van der Waals surface area (Å²) in [5.41, 5.74) is 3.19. The second-order valence-electron chi connectivity index (χ2n) is 6.88. The number of carbonyl (C=O) groups excluding carboxylic acids is 1. The van der Waals surface area contributed by atoms with Gasteiger partial charge in [-0.15, -0.1) is 0 Å². The summed E-state index contributed by atoms with van der Waals surface area (Å²) in [4.78, 5) is 12.5. The Bertz CT molecular complexity index is 1180. The molecule has 3 rings (SSSR count). The van der Waals surface area contributed by atoms with Gasteiger partial charge in [-0.3, -0.25) is 9.10 Å². The van der Waals surface area contributed by atoms with E-state index in [1.807, 2.05) is 25.1 Å². The molecule has 0 unspecified atom stereocenters. The molecule has 0 saturated heterocycles. The van der Waals surface area contributed by atoms with Crippen LogP contribution in [-0.4, -0.2) is 20.6 Å². The first-order valence-corrected chi connectivity index (χ1v) is 11.6. The van der Waals surface area contributed by atoms with Gasteiger partial charge in [0.25, 0.3) is 5.91 Å². The number of hydrogen-bond donors (Lipinski definition) is 1. The Morgan fingerprint density at radius 3 is 2.30 bits per heavy atom. The molecule has 0 aliphatic rings. The van der Waals surface area contributed by atoms with Crippen LogP contribution in [0.15, 0.2) is 66.7 Å². The zero-order chi connectivity index (χ0) is 21.9. The maximum Gasteiger partial charge on any atom is 0.255 e. The number of halogens is 2. The van der Waals surface area contributed by atoms with Crippen LogP contribution in [0.5, 0.6) is 0 Å². The minimum Gasteiger partial charge on any atom is -0.321 e. The van der Waals surface area contributed by atoms with E-state index in [1.165, 1.54) is 10.6 Å². The molecule has 3 aromatic carbocycles. The monoisotopic (exact) mass is 462 g/mol. The van der Waals surface area contributed by atoms with Gasteiger partial charge in [0.1, 0.15) is 0 Å². The fourth-order valence-corrected chi connectivity index (χ4v) is 4.23. The average molecular weight is 463 g/mol. The van der Waals surface area contributed by atoms with Crippen LogP contribution in [0.25, 0.3) is 0 Å². The summed E-state index contributed by atoms with van der Waals surface area (Å²) in [5, 5.41) is 3.55. The molecular formula is C22H20Cl2N2O3S. The van der Waals surface area contributed by atoms with Crippen LogP contribution in [0, 0.1) is 6.92 Å². The predicted molar refractivity (Wildman–Crippen MR) is 123 cm³/mol. The van der Waals surface area contributed by atoms with Crippen LogP contribution >= 0.6 is 23.2 Å². The third-order valence-corrected chi connectivity index (χ3v) is 6.10. The van der Waals surface area contributed by atoms with Crippen LogP contribution in [0.3, 0.4) is 0 Å². The van der Waals surface area contributed by atoms with Crippen LogP contribution in [0.4, 0.5) is 11.4 Å². The molecule has 0 heterocycles. The van der Waals surface area contributed by atoms with E-state index < -0.39 is 10.0 Å². The van der Waals surface area contributed by atoms with Crippen molar-refractivity contribution in [2.75, 3.05) is 15.9 Å². The maximum absolute atomic E-state index is 12.5. The molecule has 1 amide bonds. The summed E-state index contributed by atoms with van der Waals surface area (Å²) >= 11 is 12.0. The van der Waals surface area contributed by atoms with Gasteiger partial charge in [0.2, 0.25) is 10.0 Å². The minimum absolute atomic E-state index is 0.160. The van der Waals surface area contributed by atoms with Crippen molar-refractivity contribution < 1.29 is 13.2 Å². The van der Waals surface area contributed by atoms with Crippen molar-refractivity contribution >= 4 is 50.5 Å². The van der Waals surface area contributed by atoms with Crippen LogP contribution in [-0.2, 0) is 16.6 Å². The van der Waals surface area contributed by atoms with Gasteiger partial charge in [-0.1, -0.05) is 47.5 Å². The largest absolute Gasteiger partial charge is 0.321 e. The van der Waals surface area contributed by atoms with E-state index in [4.69, 9.17) is 23.2 Å². The van der Waals surface area contributed by atoms with E-state index in [0.29, 0.717) is 27.0 Å². The molecule has 0 spiro atoms. The number of nitrogens with one attached hydrogen (secondary N) is 1. The fraction of sp³-hybridized carbons (Fsp3) is 0.136. The molecular weight excluding hydrogens is 443 g/mol. The van der Waals surface area contributed by atoms with Crippen LogP contribution < -0.4 is 9.62 Å². The van der Waals surface area contributed by atoms with Gasteiger partial charge in [0.15, 0.2) is 0 Å². The lowest BCUT2D eigenvalue weighted by Gasteiger charge is -2.23. The normalized spacial score (nSPS) is 11.2. The highest BCUT2D eigenvalue weighted by molar-refractivity contribution is 7.92. The fourth-order valence-electron chi connectivity index (χ4n) is 2.90.